The minimum Gasteiger partial charge on any atom is -0.435 e. The summed E-state index contributed by atoms with van der Waals surface area (Å²) in [4.78, 5) is 14.2. The predicted molar refractivity (Wildman–Crippen MR) is 91.6 cm³/mol. The second kappa shape index (κ2) is 8.62. The summed E-state index contributed by atoms with van der Waals surface area (Å²) in [5.74, 6) is 0.236. The molecule has 7 heteroatoms. The third-order valence-electron chi connectivity index (χ3n) is 4.44. The summed E-state index contributed by atoms with van der Waals surface area (Å²) in [6.45, 7) is 2.72. The number of carbonyl (C=O) groups excluding carboxylic acids is 1. The molecule has 4 nitrogen and oxygen atoms in total. The van der Waals surface area contributed by atoms with Gasteiger partial charge >= 0.3 is 6.61 Å². The second-order valence-electron chi connectivity index (χ2n) is 6.72. The Morgan fingerprint density at radius 2 is 2.00 bits per heavy atom. The Bertz CT molecular complexity index is 538. The Labute approximate surface area is 147 Å². The third-order valence-corrected chi connectivity index (χ3v) is 4.44. The molecule has 1 aliphatic rings. The van der Waals surface area contributed by atoms with E-state index in [2.05, 4.69) is 18.6 Å². The van der Waals surface area contributed by atoms with Crippen molar-refractivity contribution >= 4 is 18.3 Å². The molecule has 1 atom stereocenters. The van der Waals surface area contributed by atoms with Crippen LogP contribution in [0.25, 0.3) is 0 Å². The number of nitrogens with zero attached hydrogens (tertiary/aromatic N) is 1. The molecule has 0 aromatic heterocycles. The summed E-state index contributed by atoms with van der Waals surface area (Å²) >= 11 is 0. The van der Waals surface area contributed by atoms with Crippen LogP contribution in [-0.2, 0) is 11.2 Å². The predicted octanol–water partition coefficient (Wildman–Crippen LogP) is 3.23. The van der Waals surface area contributed by atoms with Crippen LogP contribution >= 0.6 is 12.4 Å². The first kappa shape index (κ1) is 20.6. The van der Waals surface area contributed by atoms with Gasteiger partial charge in [0.1, 0.15) is 5.75 Å². The minimum atomic E-state index is -2.82. The van der Waals surface area contributed by atoms with Gasteiger partial charge in [-0.2, -0.15) is 8.78 Å². The monoisotopic (exact) mass is 362 g/mol. The van der Waals surface area contributed by atoms with Crippen LogP contribution in [-0.4, -0.2) is 36.5 Å². The zero-order valence-electron chi connectivity index (χ0n) is 14.0. The molecule has 1 heterocycles. The van der Waals surface area contributed by atoms with E-state index in [9.17, 15) is 13.6 Å². The number of hydrogen-bond acceptors (Lipinski definition) is 3. The number of benzene rings is 1. The van der Waals surface area contributed by atoms with Gasteiger partial charge in [0.15, 0.2) is 0 Å². The highest BCUT2D eigenvalue weighted by Gasteiger charge is 2.34. The highest BCUT2D eigenvalue weighted by atomic mass is 35.5. The average molecular weight is 363 g/mol. The Balaban J connectivity index is 0.00000288. The van der Waals surface area contributed by atoms with Gasteiger partial charge in [-0.1, -0.05) is 26.0 Å². The maximum absolute atomic E-state index is 12.3. The number of halogens is 3. The molecule has 0 radical (unpaired) electrons. The molecule has 1 unspecified atom stereocenters. The van der Waals surface area contributed by atoms with Gasteiger partial charge in [-0.3, -0.25) is 4.79 Å². The van der Waals surface area contributed by atoms with Crippen molar-refractivity contribution < 1.29 is 18.3 Å². The van der Waals surface area contributed by atoms with Crippen molar-refractivity contribution in [2.45, 2.75) is 45.8 Å². The smallest absolute Gasteiger partial charge is 0.387 e. The number of piperidine rings is 1. The van der Waals surface area contributed by atoms with E-state index in [0.29, 0.717) is 25.9 Å². The van der Waals surface area contributed by atoms with Gasteiger partial charge in [0, 0.05) is 25.6 Å². The number of rotatable bonds is 5. The molecular weight excluding hydrogens is 338 g/mol. The first-order valence-corrected chi connectivity index (χ1v) is 7.85. The van der Waals surface area contributed by atoms with E-state index in [0.717, 1.165) is 12.0 Å². The Morgan fingerprint density at radius 1 is 1.38 bits per heavy atom. The first-order chi connectivity index (χ1) is 10.8. The standard InChI is InChI=1S/C17H24F2N2O2.ClH/c1-17(2)11-21(10-9-14(17)20)15(22)8-5-12-3-6-13(7-4-12)23-16(18)19;/h3-4,6-7,14,16H,5,8-11,20H2,1-2H3;1H. The van der Waals surface area contributed by atoms with Gasteiger partial charge in [0.05, 0.1) is 0 Å². The quantitative estimate of drug-likeness (QED) is 0.874. The van der Waals surface area contributed by atoms with Crippen LogP contribution in [0.15, 0.2) is 24.3 Å². The second-order valence-corrected chi connectivity index (χ2v) is 6.72. The van der Waals surface area contributed by atoms with Crippen LogP contribution in [0.5, 0.6) is 5.75 Å². The number of carbonyl (C=O) groups is 1. The van der Waals surface area contributed by atoms with Crippen LogP contribution < -0.4 is 10.5 Å². The molecular formula is C17H25ClF2N2O2. The molecule has 1 aromatic carbocycles. The number of ether oxygens (including phenoxy) is 1. The number of aryl methyl sites for hydroxylation is 1. The lowest BCUT2D eigenvalue weighted by Crippen LogP contribution is -2.54. The topological polar surface area (TPSA) is 55.6 Å². The molecule has 0 spiro atoms. The number of amides is 1. The molecule has 1 amide bonds. The van der Waals surface area contributed by atoms with E-state index >= 15 is 0 Å². The van der Waals surface area contributed by atoms with Crippen molar-refractivity contribution in [1.29, 1.82) is 0 Å². The number of alkyl halides is 2. The normalized spacial score (nSPS) is 19.8. The molecule has 0 bridgehead atoms. The van der Waals surface area contributed by atoms with Crippen LogP contribution in [0.3, 0.4) is 0 Å². The molecule has 24 heavy (non-hydrogen) atoms. The Kier molecular flexibility index (Phi) is 7.42. The molecule has 1 aromatic rings. The van der Waals surface area contributed by atoms with Gasteiger partial charge in [-0.25, -0.2) is 0 Å². The summed E-state index contributed by atoms with van der Waals surface area (Å²) in [6.07, 6.45) is 1.80. The van der Waals surface area contributed by atoms with Crippen LogP contribution in [0.2, 0.25) is 0 Å². The summed E-state index contributed by atoms with van der Waals surface area (Å²) in [5.41, 5.74) is 6.94. The Hall–Kier alpha value is -1.40. The molecule has 1 fully saturated rings. The largest absolute Gasteiger partial charge is 0.435 e. The van der Waals surface area contributed by atoms with Gasteiger partial charge in [-0.05, 0) is 36.0 Å². The fourth-order valence-corrected chi connectivity index (χ4v) is 2.83. The van der Waals surface area contributed by atoms with Gasteiger partial charge < -0.3 is 15.4 Å². The fourth-order valence-electron chi connectivity index (χ4n) is 2.83. The minimum absolute atomic E-state index is 0. The molecule has 1 aliphatic heterocycles. The van der Waals surface area contributed by atoms with Gasteiger partial charge in [0.25, 0.3) is 0 Å². The van der Waals surface area contributed by atoms with Crippen molar-refractivity contribution in [3.05, 3.63) is 29.8 Å². The lowest BCUT2D eigenvalue weighted by Gasteiger charge is -2.42. The number of hydrogen-bond donors (Lipinski definition) is 1. The van der Waals surface area contributed by atoms with E-state index < -0.39 is 6.61 Å². The van der Waals surface area contributed by atoms with E-state index in [1.54, 1.807) is 12.1 Å². The van der Waals surface area contributed by atoms with Crippen LogP contribution in [0.1, 0.15) is 32.3 Å². The maximum Gasteiger partial charge on any atom is 0.387 e. The third kappa shape index (κ3) is 5.60. The average Bonchev–Trinajstić information content (AvgIpc) is 2.48. The van der Waals surface area contributed by atoms with Crippen LogP contribution in [0, 0.1) is 5.41 Å². The van der Waals surface area contributed by atoms with Gasteiger partial charge in [0.2, 0.25) is 5.91 Å². The SMILES string of the molecule is CC1(C)CN(C(=O)CCc2ccc(OC(F)F)cc2)CCC1N.Cl. The summed E-state index contributed by atoms with van der Waals surface area (Å²) in [5, 5.41) is 0. The molecule has 0 saturated carbocycles. The number of likely N-dealkylation sites (tertiary alicyclic amines) is 1. The van der Waals surface area contributed by atoms with E-state index in [4.69, 9.17) is 5.73 Å². The summed E-state index contributed by atoms with van der Waals surface area (Å²) < 4.78 is 28.5. The molecule has 2 N–H and O–H groups in total. The fraction of sp³-hybridized carbons (Fsp3) is 0.588. The number of nitrogens with two attached hydrogens (primary N) is 1. The van der Waals surface area contributed by atoms with E-state index in [-0.39, 0.29) is 35.5 Å². The van der Waals surface area contributed by atoms with E-state index in [1.165, 1.54) is 12.1 Å². The van der Waals surface area contributed by atoms with Crippen molar-refractivity contribution in [3.63, 3.8) is 0 Å². The lowest BCUT2D eigenvalue weighted by molar-refractivity contribution is -0.134. The molecule has 0 aliphatic carbocycles. The highest BCUT2D eigenvalue weighted by Crippen LogP contribution is 2.28. The molecule has 136 valence electrons. The highest BCUT2D eigenvalue weighted by molar-refractivity contribution is 5.85. The first-order valence-electron chi connectivity index (χ1n) is 7.85. The lowest BCUT2D eigenvalue weighted by atomic mass is 9.79. The van der Waals surface area contributed by atoms with Gasteiger partial charge in [-0.15, -0.1) is 12.4 Å². The Morgan fingerprint density at radius 3 is 2.54 bits per heavy atom. The molecule has 1 saturated heterocycles. The van der Waals surface area contributed by atoms with Crippen LogP contribution in [0.4, 0.5) is 8.78 Å². The zero-order chi connectivity index (χ0) is 17.0. The van der Waals surface area contributed by atoms with Crippen molar-refractivity contribution in [2.75, 3.05) is 13.1 Å². The van der Waals surface area contributed by atoms with Crippen molar-refractivity contribution in [3.8, 4) is 5.75 Å². The van der Waals surface area contributed by atoms with Crippen molar-refractivity contribution in [1.82, 2.24) is 4.90 Å². The summed E-state index contributed by atoms with van der Waals surface area (Å²) in [7, 11) is 0. The summed E-state index contributed by atoms with van der Waals surface area (Å²) in [6, 6.07) is 6.53. The van der Waals surface area contributed by atoms with Crippen molar-refractivity contribution in [2.24, 2.45) is 11.1 Å². The van der Waals surface area contributed by atoms with E-state index in [1.807, 2.05) is 4.90 Å². The molecule has 2 rings (SSSR count). The maximum atomic E-state index is 12.3. The zero-order valence-corrected chi connectivity index (χ0v) is 14.8.